The molecule has 2 heterocycles. The minimum Gasteiger partial charge on any atom is -0.747 e. The minimum absolute atomic E-state index is 0.489. The summed E-state index contributed by atoms with van der Waals surface area (Å²) in [6.07, 6.45) is 5.03. The average molecular weight is 645 g/mol. The Balaban J connectivity index is 1.63. The number of anilines is 1. The highest BCUT2D eigenvalue weighted by Crippen LogP contribution is 2.49. The lowest BCUT2D eigenvalue weighted by Crippen LogP contribution is -2.31. The van der Waals surface area contributed by atoms with Gasteiger partial charge in [0.2, 0.25) is 11.6 Å². The van der Waals surface area contributed by atoms with Crippen LogP contribution in [0.15, 0.2) is 83.4 Å². The molecule has 0 saturated carbocycles. The summed E-state index contributed by atoms with van der Waals surface area (Å²) in [6.45, 7) is 7.60. The number of hydrogen-bond acceptors (Lipinski definition) is 11. The molecular formula is C29H28N2O9S3-2. The first-order valence-corrected chi connectivity index (χ1v) is 16.9. The first-order chi connectivity index (χ1) is 20.0. The van der Waals surface area contributed by atoms with Gasteiger partial charge in [0.25, 0.3) is 0 Å². The normalized spacial score (nSPS) is 18.7. The van der Waals surface area contributed by atoms with Crippen LogP contribution in [-0.4, -0.2) is 48.0 Å². The summed E-state index contributed by atoms with van der Waals surface area (Å²) in [4.78, 5) is 1.93. The molecule has 0 spiro atoms. The molecule has 11 nitrogen and oxygen atoms in total. The SMILES string of the molecule is CC1(C)C(=CC=CC2=[N+](CS(=O)(=O)[O-])c3ccc4ccccc4c3C2(C)C)N(CS(=O)(=O)[O-])c2ccc(SOO[O-])cc21. The van der Waals surface area contributed by atoms with E-state index in [0.29, 0.717) is 45.3 Å². The largest absolute Gasteiger partial charge is 0.747 e. The zero-order chi connectivity index (χ0) is 31.4. The van der Waals surface area contributed by atoms with Gasteiger partial charge >= 0.3 is 0 Å². The summed E-state index contributed by atoms with van der Waals surface area (Å²) < 4.78 is 77.7. The predicted octanol–water partition coefficient (Wildman–Crippen LogP) is 3.69. The molecule has 0 aliphatic carbocycles. The summed E-state index contributed by atoms with van der Waals surface area (Å²) in [5.74, 6) is -1.60. The van der Waals surface area contributed by atoms with Gasteiger partial charge in [-0.25, -0.2) is 16.8 Å². The highest BCUT2D eigenvalue weighted by atomic mass is 32.2. The van der Waals surface area contributed by atoms with Crippen molar-refractivity contribution < 1.29 is 45.1 Å². The Labute approximate surface area is 254 Å². The summed E-state index contributed by atoms with van der Waals surface area (Å²) in [5, 5.41) is 15.6. The molecule has 228 valence electrons. The van der Waals surface area contributed by atoms with E-state index >= 15 is 0 Å². The van der Waals surface area contributed by atoms with Crippen molar-refractivity contribution in [2.75, 3.05) is 16.7 Å². The van der Waals surface area contributed by atoms with E-state index in [-0.39, 0.29) is 0 Å². The fraction of sp³-hybridized carbons (Fsp3) is 0.276. The molecule has 0 N–H and O–H groups in total. The standard InChI is InChI=1S/C29H30N2O9S3/c1-28(2)22-16-20(41-40-39-32)13-15-23(22)30(17-42(33,34)35)25(28)10-7-11-26-29(3,4)27-21-9-6-5-8-19(21)12-14-24(27)31(26)18-43(36,37)38/h5-16H,17-18H2,1-4H3,(H2-,32,33,34,35,36,37,38)/p-2. The number of nitrogens with zero attached hydrogens (tertiary/aromatic N) is 2. The van der Waals surface area contributed by atoms with Crippen molar-refractivity contribution in [3.05, 3.63) is 89.6 Å². The van der Waals surface area contributed by atoms with Crippen molar-refractivity contribution in [3.63, 3.8) is 0 Å². The lowest BCUT2D eigenvalue weighted by atomic mass is 9.79. The van der Waals surface area contributed by atoms with Gasteiger partial charge in [-0.2, -0.15) is 8.91 Å². The fourth-order valence-electron chi connectivity index (χ4n) is 6.12. The van der Waals surface area contributed by atoms with Crippen molar-refractivity contribution in [2.24, 2.45) is 0 Å². The Hall–Kier alpha value is -3.08. The molecule has 0 bridgehead atoms. The molecule has 0 fully saturated rings. The van der Waals surface area contributed by atoms with Crippen molar-refractivity contribution in [3.8, 4) is 0 Å². The fourth-order valence-corrected chi connectivity index (χ4v) is 7.70. The first kappa shape index (κ1) is 31.3. The lowest BCUT2D eigenvalue weighted by molar-refractivity contribution is -0.777. The molecule has 14 heteroatoms. The van der Waals surface area contributed by atoms with Gasteiger partial charge in [-0.1, -0.05) is 44.2 Å². The zero-order valence-electron chi connectivity index (χ0n) is 23.6. The van der Waals surface area contributed by atoms with Crippen molar-refractivity contribution in [1.82, 2.24) is 0 Å². The maximum Gasteiger partial charge on any atom is 0.237 e. The monoisotopic (exact) mass is 644 g/mol. The van der Waals surface area contributed by atoms with E-state index in [1.807, 2.05) is 58.0 Å². The quantitative estimate of drug-likeness (QED) is 0.110. The van der Waals surface area contributed by atoms with Crippen molar-refractivity contribution >= 4 is 60.1 Å². The minimum atomic E-state index is -4.70. The van der Waals surface area contributed by atoms with E-state index in [4.69, 9.17) is 0 Å². The Morgan fingerprint density at radius 3 is 2.35 bits per heavy atom. The molecule has 0 aromatic heterocycles. The second-order valence-corrected chi connectivity index (χ2v) is 14.9. The van der Waals surface area contributed by atoms with Crippen molar-refractivity contribution in [1.29, 1.82) is 0 Å². The van der Waals surface area contributed by atoms with Crippen LogP contribution in [0.25, 0.3) is 10.8 Å². The Bertz CT molecular complexity index is 1930. The summed E-state index contributed by atoms with van der Waals surface area (Å²) in [5.41, 5.74) is 2.19. The maximum absolute atomic E-state index is 12.0. The molecule has 0 unspecified atom stereocenters. The maximum atomic E-state index is 12.0. The lowest BCUT2D eigenvalue weighted by Gasteiger charge is -2.27. The van der Waals surface area contributed by atoms with E-state index in [1.165, 1.54) is 9.48 Å². The van der Waals surface area contributed by atoms with Crippen LogP contribution in [0, 0.1) is 0 Å². The van der Waals surface area contributed by atoms with E-state index in [9.17, 15) is 31.2 Å². The van der Waals surface area contributed by atoms with E-state index < -0.39 is 42.8 Å². The van der Waals surface area contributed by atoms with E-state index in [0.717, 1.165) is 16.3 Å². The molecule has 0 saturated heterocycles. The van der Waals surface area contributed by atoms with Crippen LogP contribution >= 0.6 is 12.0 Å². The Morgan fingerprint density at radius 1 is 0.953 bits per heavy atom. The third kappa shape index (κ3) is 6.01. The molecule has 0 radical (unpaired) electrons. The highest BCUT2D eigenvalue weighted by molar-refractivity contribution is 7.94. The van der Waals surface area contributed by atoms with Gasteiger partial charge in [-0.15, -0.1) is 0 Å². The molecular weight excluding hydrogens is 617 g/mol. The third-order valence-electron chi connectivity index (χ3n) is 7.86. The molecule has 43 heavy (non-hydrogen) atoms. The number of hydrogen-bond donors (Lipinski definition) is 0. The zero-order valence-corrected chi connectivity index (χ0v) is 26.1. The van der Waals surface area contributed by atoms with Gasteiger partial charge in [-0.05, 0) is 60.5 Å². The number of fused-ring (bicyclic) bond motifs is 4. The van der Waals surface area contributed by atoms with Gasteiger partial charge in [0.1, 0.15) is 16.0 Å². The molecule has 3 aromatic carbocycles. The number of allylic oxidation sites excluding steroid dienone is 4. The van der Waals surface area contributed by atoms with Gasteiger partial charge in [0, 0.05) is 39.4 Å². The molecule has 2 aliphatic rings. The predicted molar refractivity (Wildman–Crippen MR) is 158 cm³/mol. The van der Waals surface area contributed by atoms with Gasteiger partial charge in [0.05, 0.1) is 17.5 Å². The van der Waals surface area contributed by atoms with Crippen LogP contribution in [0.2, 0.25) is 0 Å². The number of benzene rings is 3. The van der Waals surface area contributed by atoms with E-state index in [2.05, 4.69) is 9.37 Å². The van der Waals surface area contributed by atoms with Crippen LogP contribution in [0.5, 0.6) is 0 Å². The van der Waals surface area contributed by atoms with E-state index in [1.54, 1.807) is 42.5 Å². The third-order valence-corrected chi connectivity index (χ3v) is 9.58. The summed E-state index contributed by atoms with van der Waals surface area (Å²) in [6, 6.07) is 16.3. The topological polar surface area (TPSA) is 162 Å². The Morgan fingerprint density at radius 2 is 1.67 bits per heavy atom. The second-order valence-electron chi connectivity index (χ2n) is 11.4. The van der Waals surface area contributed by atoms with Crippen molar-refractivity contribution in [2.45, 2.75) is 43.4 Å². The second kappa shape index (κ2) is 11.1. The van der Waals surface area contributed by atoms with Crippen LogP contribution in [0.4, 0.5) is 11.4 Å². The Kier molecular flexibility index (Phi) is 8.11. The number of rotatable bonds is 9. The summed E-state index contributed by atoms with van der Waals surface area (Å²) >= 11 is 0.686. The molecule has 2 aliphatic heterocycles. The molecule has 3 aromatic rings. The van der Waals surface area contributed by atoms with Crippen LogP contribution in [-0.2, 0) is 40.4 Å². The first-order valence-electron chi connectivity index (χ1n) is 13.0. The summed E-state index contributed by atoms with van der Waals surface area (Å²) in [7, 11) is -9.36. The van der Waals surface area contributed by atoms with Crippen LogP contribution in [0.1, 0.15) is 38.8 Å². The van der Waals surface area contributed by atoms with Crippen LogP contribution in [0.3, 0.4) is 0 Å². The van der Waals surface area contributed by atoms with Gasteiger partial charge in [0.15, 0.2) is 15.8 Å². The van der Waals surface area contributed by atoms with Crippen LogP contribution < -0.4 is 10.2 Å². The molecule has 5 rings (SSSR count). The van der Waals surface area contributed by atoms with Gasteiger partial charge in [-0.3, -0.25) is 5.04 Å². The molecule has 0 atom stereocenters. The highest BCUT2D eigenvalue weighted by Gasteiger charge is 2.46. The smallest absolute Gasteiger partial charge is 0.237 e. The van der Waals surface area contributed by atoms with Gasteiger partial charge < -0.3 is 19.3 Å². The molecule has 0 amide bonds. The average Bonchev–Trinajstić information content (AvgIpc) is 3.24.